The standard InChI is InChI=1S/C22H22BrFN6O5/c1-22(2,3)34-21(32)25-11-12-4-6-13(7-5-12)20(31)27-19-17(29-35-30-19)18(28-33)26-14-8-9-16(24)15(23)10-14/h4-10,33H,11H2,1-3H3,(H,25,32)(H,26,28)(H,27,30,31). The Bertz CT molecular complexity index is 1240. The number of benzene rings is 2. The number of nitrogens with one attached hydrogen (secondary N) is 3. The number of ether oxygens (including phenoxy) is 1. The van der Waals surface area contributed by atoms with Gasteiger partial charge >= 0.3 is 6.09 Å². The Labute approximate surface area is 207 Å². The molecule has 4 N–H and O–H groups in total. The summed E-state index contributed by atoms with van der Waals surface area (Å²) in [6, 6.07) is 10.4. The van der Waals surface area contributed by atoms with Crippen molar-refractivity contribution in [2.24, 2.45) is 4.99 Å². The van der Waals surface area contributed by atoms with E-state index in [9.17, 15) is 19.2 Å². The summed E-state index contributed by atoms with van der Waals surface area (Å²) < 4.78 is 23.5. The van der Waals surface area contributed by atoms with Gasteiger partial charge in [-0.2, -0.15) is 0 Å². The van der Waals surface area contributed by atoms with Crippen LogP contribution < -0.4 is 16.1 Å². The molecule has 0 spiro atoms. The predicted molar refractivity (Wildman–Crippen MR) is 127 cm³/mol. The molecule has 0 aliphatic rings. The van der Waals surface area contributed by atoms with Gasteiger partial charge in [0.2, 0.25) is 5.82 Å². The fraction of sp³-hybridized carbons (Fsp3) is 0.227. The SMILES string of the molecule is CC(C)(C)OC(=O)NCc1ccc(C(=O)Nc2nonc2C(=Nc2ccc(F)c(Br)c2)NO)cc1. The summed E-state index contributed by atoms with van der Waals surface area (Å²) in [5.41, 5.74) is 2.50. The van der Waals surface area contributed by atoms with E-state index in [0.29, 0.717) is 0 Å². The molecule has 1 heterocycles. The van der Waals surface area contributed by atoms with E-state index in [-0.39, 0.29) is 39.6 Å². The van der Waals surface area contributed by atoms with Gasteiger partial charge in [0.1, 0.15) is 11.4 Å². The molecule has 0 unspecified atom stereocenters. The summed E-state index contributed by atoms with van der Waals surface area (Å²) in [5, 5.41) is 22.0. The number of nitrogens with zero attached hydrogens (tertiary/aromatic N) is 3. The average Bonchev–Trinajstić information content (AvgIpc) is 3.25. The zero-order chi connectivity index (χ0) is 25.6. The first kappa shape index (κ1) is 25.8. The number of amides is 2. The smallest absolute Gasteiger partial charge is 0.407 e. The van der Waals surface area contributed by atoms with E-state index >= 15 is 0 Å². The highest BCUT2D eigenvalue weighted by Gasteiger charge is 2.20. The van der Waals surface area contributed by atoms with Gasteiger partial charge in [-0.25, -0.2) is 18.8 Å². The molecule has 3 aromatic rings. The van der Waals surface area contributed by atoms with Crippen molar-refractivity contribution >= 4 is 45.3 Å². The van der Waals surface area contributed by atoms with Gasteiger partial charge < -0.3 is 15.4 Å². The van der Waals surface area contributed by atoms with Crippen LogP contribution in [0.25, 0.3) is 0 Å². The molecule has 2 aromatic carbocycles. The Balaban J connectivity index is 1.68. The minimum Gasteiger partial charge on any atom is -0.444 e. The highest BCUT2D eigenvalue weighted by Crippen LogP contribution is 2.23. The lowest BCUT2D eigenvalue weighted by Gasteiger charge is -2.19. The third-order valence-electron chi connectivity index (χ3n) is 4.25. The molecular formula is C22H22BrFN6O5. The number of amidine groups is 1. The number of hydrogen-bond donors (Lipinski definition) is 4. The number of carbonyl (C=O) groups excluding carboxylic acids is 2. The highest BCUT2D eigenvalue weighted by atomic mass is 79.9. The van der Waals surface area contributed by atoms with Gasteiger partial charge in [-0.05, 0) is 82.9 Å². The van der Waals surface area contributed by atoms with E-state index in [2.05, 4.69) is 46.5 Å². The molecule has 0 atom stereocenters. The summed E-state index contributed by atoms with van der Waals surface area (Å²) in [4.78, 5) is 28.6. The summed E-state index contributed by atoms with van der Waals surface area (Å²) in [6.45, 7) is 5.52. The monoisotopic (exact) mass is 548 g/mol. The molecule has 0 aliphatic heterocycles. The van der Waals surface area contributed by atoms with Gasteiger partial charge in [0.25, 0.3) is 5.91 Å². The molecule has 1 aromatic heterocycles. The zero-order valence-electron chi connectivity index (χ0n) is 18.9. The van der Waals surface area contributed by atoms with Crippen LogP contribution in [0.5, 0.6) is 0 Å². The molecule has 3 rings (SSSR count). The number of aliphatic imine (C=N–C) groups is 1. The minimum absolute atomic E-state index is 0.0838. The van der Waals surface area contributed by atoms with E-state index in [0.717, 1.165) is 5.56 Å². The predicted octanol–water partition coefficient (Wildman–Crippen LogP) is 4.31. The van der Waals surface area contributed by atoms with E-state index in [1.165, 1.54) is 18.2 Å². The second-order valence-corrected chi connectivity index (χ2v) is 8.99. The lowest BCUT2D eigenvalue weighted by atomic mass is 10.1. The largest absolute Gasteiger partial charge is 0.444 e. The lowest BCUT2D eigenvalue weighted by Crippen LogP contribution is -2.32. The zero-order valence-corrected chi connectivity index (χ0v) is 20.5. The van der Waals surface area contributed by atoms with E-state index in [4.69, 9.17) is 4.74 Å². The van der Waals surface area contributed by atoms with Crippen LogP contribution >= 0.6 is 15.9 Å². The molecule has 0 fully saturated rings. The topological polar surface area (TPSA) is 151 Å². The summed E-state index contributed by atoms with van der Waals surface area (Å²) >= 11 is 3.06. The number of anilines is 1. The van der Waals surface area contributed by atoms with Crippen LogP contribution in [0.15, 0.2) is 56.6 Å². The van der Waals surface area contributed by atoms with Gasteiger partial charge in [-0.15, -0.1) is 0 Å². The number of alkyl carbamates (subject to hydrolysis) is 1. The minimum atomic E-state index is -0.604. The number of halogens is 2. The fourth-order valence-corrected chi connectivity index (χ4v) is 3.05. The third-order valence-corrected chi connectivity index (χ3v) is 4.85. The molecule has 0 saturated heterocycles. The molecule has 0 radical (unpaired) electrons. The Hall–Kier alpha value is -3.84. The van der Waals surface area contributed by atoms with Crippen molar-refractivity contribution in [2.45, 2.75) is 32.9 Å². The Morgan fingerprint density at radius 2 is 1.89 bits per heavy atom. The first-order valence-corrected chi connectivity index (χ1v) is 11.0. The number of hydroxylamine groups is 1. The molecule has 184 valence electrons. The van der Waals surface area contributed by atoms with Crippen molar-refractivity contribution in [1.82, 2.24) is 21.1 Å². The Kier molecular flexibility index (Phi) is 8.14. The molecule has 2 amide bonds. The molecule has 13 heteroatoms. The van der Waals surface area contributed by atoms with Crippen LogP contribution in [0.3, 0.4) is 0 Å². The van der Waals surface area contributed by atoms with Gasteiger partial charge in [0, 0.05) is 12.1 Å². The maximum Gasteiger partial charge on any atom is 0.407 e. The molecular weight excluding hydrogens is 527 g/mol. The number of carbonyl (C=O) groups is 2. The van der Waals surface area contributed by atoms with Crippen LogP contribution in [0.2, 0.25) is 0 Å². The summed E-state index contributed by atoms with van der Waals surface area (Å²) in [5.74, 6) is -1.31. The van der Waals surface area contributed by atoms with Gasteiger partial charge in [-0.1, -0.05) is 12.1 Å². The van der Waals surface area contributed by atoms with Crippen molar-refractivity contribution < 1.29 is 28.6 Å². The maximum absolute atomic E-state index is 13.5. The van der Waals surface area contributed by atoms with Gasteiger partial charge in [0.15, 0.2) is 11.5 Å². The van der Waals surface area contributed by atoms with Gasteiger partial charge in [0.05, 0.1) is 10.2 Å². The Morgan fingerprint density at radius 1 is 1.17 bits per heavy atom. The molecule has 0 saturated carbocycles. The van der Waals surface area contributed by atoms with Crippen LogP contribution in [0.1, 0.15) is 42.4 Å². The van der Waals surface area contributed by atoms with Crippen molar-refractivity contribution in [3.05, 3.63) is 69.6 Å². The second-order valence-electron chi connectivity index (χ2n) is 8.14. The first-order chi connectivity index (χ1) is 16.6. The third kappa shape index (κ3) is 7.32. The number of rotatable bonds is 6. The average molecular weight is 549 g/mol. The molecule has 35 heavy (non-hydrogen) atoms. The van der Waals surface area contributed by atoms with E-state index in [1.807, 2.05) is 5.48 Å². The lowest BCUT2D eigenvalue weighted by molar-refractivity contribution is 0.0523. The fourth-order valence-electron chi connectivity index (χ4n) is 2.68. The normalized spacial score (nSPS) is 11.7. The van der Waals surface area contributed by atoms with Crippen LogP contribution in [-0.4, -0.2) is 39.0 Å². The van der Waals surface area contributed by atoms with Crippen molar-refractivity contribution in [2.75, 3.05) is 5.32 Å². The second kappa shape index (κ2) is 11.1. The number of aromatic nitrogens is 2. The quantitative estimate of drug-likeness (QED) is 0.202. The van der Waals surface area contributed by atoms with Crippen LogP contribution in [0, 0.1) is 5.82 Å². The van der Waals surface area contributed by atoms with Gasteiger partial charge in [-0.3, -0.25) is 15.5 Å². The van der Waals surface area contributed by atoms with Crippen molar-refractivity contribution in [3.8, 4) is 0 Å². The molecule has 11 nitrogen and oxygen atoms in total. The van der Waals surface area contributed by atoms with Crippen LogP contribution in [0.4, 0.5) is 20.7 Å². The van der Waals surface area contributed by atoms with Crippen molar-refractivity contribution in [1.29, 1.82) is 0 Å². The summed E-state index contributed by atoms with van der Waals surface area (Å²) in [7, 11) is 0. The first-order valence-electron chi connectivity index (χ1n) is 10.2. The molecule has 0 bridgehead atoms. The van der Waals surface area contributed by atoms with E-state index in [1.54, 1.807) is 45.0 Å². The maximum atomic E-state index is 13.5. The Morgan fingerprint density at radius 3 is 2.51 bits per heavy atom. The summed E-state index contributed by atoms with van der Waals surface area (Å²) in [6.07, 6.45) is -0.548. The van der Waals surface area contributed by atoms with Crippen molar-refractivity contribution in [3.63, 3.8) is 0 Å². The van der Waals surface area contributed by atoms with Crippen LogP contribution in [-0.2, 0) is 11.3 Å². The van der Waals surface area contributed by atoms with E-state index < -0.39 is 23.4 Å². The molecule has 0 aliphatic carbocycles. The number of hydrogen-bond acceptors (Lipinski definition) is 8. The highest BCUT2D eigenvalue weighted by molar-refractivity contribution is 9.10.